The Kier molecular flexibility index (Phi) is 4.81. The molecule has 2 aromatic carbocycles. The van der Waals surface area contributed by atoms with Crippen LogP contribution in [0.4, 0.5) is 11.4 Å². The minimum atomic E-state index is -0.428. The summed E-state index contributed by atoms with van der Waals surface area (Å²) in [5.74, 6) is 0. The lowest BCUT2D eigenvalue weighted by atomic mass is 10.0. The van der Waals surface area contributed by atoms with Crippen molar-refractivity contribution in [2.45, 2.75) is 26.3 Å². The molecule has 1 unspecified atom stereocenters. The SMILES string of the molecule is CCc1ccc(C(C)Nc2cc([N+](=O)[O-])ccc2Cl)cc1. The van der Waals surface area contributed by atoms with E-state index in [2.05, 4.69) is 36.5 Å². The molecule has 1 atom stereocenters. The second-order valence-electron chi connectivity index (χ2n) is 4.88. The van der Waals surface area contributed by atoms with Crippen LogP contribution in [0.2, 0.25) is 5.02 Å². The number of hydrogen-bond donors (Lipinski definition) is 1. The van der Waals surface area contributed by atoms with Crippen LogP contribution in [0.1, 0.15) is 31.0 Å². The molecule has 0 spiro atoms. The molecular formula is C16H17ClN2O2. The first-order valence-electron chi connectivity index (χ1n) is 6.80. The van der Waals surface area contributed by atoms with E-state index in [4.69, 9.17) is 11.6 Å². The number of benzene rings is 2. The molecule has 0 bridgehead atoms. The second-order valence-corrected chi connectivity index (χ2v) is 5.29. The van der Waals surface area contributed by atoms with Crippen LogP contribution in [0, 0.1) is 10.1 Å². The van der Waals surface area contributed by atoms with Crippen molar-refractivity contribution in [1.82, 2.24) is 0 Å². The Morgan fingerprint density at radius 1 is 1.24 bits per heavy atom. The molecule has 0 aliphatic rings. The smallest absolute Gasteiger partial charge is 0.271 e. The van der Waals surface area contributed by atoms with Crippen LogP contribution in [-0.4, -0.2) is 4.92 Å². The molecule has 0 saturated carbocycles. The summed E-state index contributed by atoms with van der Waals surface area (Å²) in [6, 6.07) is 12.7. The van der Waals surface area contributed by atoms with E-state index in [0.717, 1.165) is 12.0 Å². The Hall–Kier alpha value is -2.07. The fourth-order valence-corrected chi connectivity index (χ4v) is 2.27. The first-order chi connectivity index (χ1) is 10.0. The first-order valence-corrected chi connectivity index (χ1v) is 7.18. The molecule has 21 heavy (non-hydrogen) atoms. The zero-order valence-corrected chi connectivity index (χ0v) is 12.7. The van der Waals surface area contributed by atoms with E-state index in [-0.39, 0.29) is 11.7 Å². The van der Waals surface area contributed by atoms with Gasteiger partial charge in [0.2, 0.25) is 0 Å². The average molecular weight is 305 g/mol. The number of rotatable bonds is 5. The number of non-ortho nitro benzene ring substituents is 1. The fourth-order valence-electron chi connectivity index (χ4n) is 2.10. The quantitative estimate of drug-likeness (QED) is 0.626. The van der Waals surface area contributed by atoms with Gasteiger partial charge in [-0.3, -0.25) is 10.1 Å². The van der Waals surface area contributed by atoms with Crippen molar-refractivity contribution < 1.29 is 4.92 Å². The number of aryl methyl sites for hydroxylation is 1. The van der Waals surface area contributed by atoms with E-state index in [0.29, 0.717) is 10.7 Å². The highest BCUT2D eigenvalue weighted by Crippen LogP contribution is 2.30. The number of nitrogens with zero attached hydrogens (tertiary/aromatic N) is 1. The molecule has 0 aromatic heterocycles. The van der Waals surface area contributed by atoms with Gasteiger partial charge in [0.25, 0.3) is 5.69 Å². The zero-order valence-electron chi connectivity index (χ0n) is 12.0. The van der Waals surface area contributed by atoms with Gasteiger partial charge in [0.05, 0.1) is 15.6 Å². The highest BCUT2D eigenvalue weighted by atomic mass is 35.5. The zero-order chi connectivity index (χ0) is 15.4. The van der Waals surface area contributed by atoms with Crippen LogP contribution in [-0.2, 0) is 6.42 Å². The lowest BCUT2D eigenvalue weighted by molar-refractivity contribution is -0.384. The summed E-state index contributed by atoms with van der Waals surface area (Å²) in [6.07, 6.45) is 0.999. The summed E-state index contributed by atoms with van der Waals surface area (Å²) >= 11 is 6.10. The Morgan fingerprint density at radius 3 is 2.48 bits per heavy atom. The highest BCUT2D eigenvalue weighted by Gasteiger charge is 2.12. The number of hydrogen-bond acceptors (Lipinski definition) is 3. The van der Waals surface area contributed by atoms with E-state index >= 15 is 0 Å². The van der Waals surface area contributed by atoms with Gasteiger partial charge >= 0.3 is 0 Å². The molecule has 1 N–H and O–H groups in total. The summed E-state index contributed by atoms with van der Waals surface area (Å²) in [7, 11) is 0. The molecule has 2 aromatic rings. The van der Waals surface area contributed by atoms with Crippen molar-refractivity contribution in [3.05, 3.63) is 68.7 Å². The van der Waals surface area contributed by atoms with Gasteiger partial charge < -0.3 is 5.32 Å². The number of nitrogens with one attached hydrogen (secondary N) is 1. The third-order valence-corrected chi connectivity index (χ3v) is 3.75. The molecule has 0 amide bonds. The largest absolute Gasteiger partial charge is 0.377 e. The Bertz CT molecular complexity index is 641. The molecule has 0 heterocycles. The van der Waals surface area contributed by atoms with Crippen molar-refractivity contribution in [1.29, 1.82) is 0 Å². The van der Waals surface area contributed by atoms with E-state index in [1.165, 1.54) is 23.8 Å². The monoisotopic (exact) mass is 304 g/mol. The minimum Gasteiger partial charge on any atom is -0.377 e. The van der Waals surface area contributed by atoms with Crippen LogP contribution >= 0.6 is 11.6 Å². The molecule has 110 valence electrons. The maximum absolute atomic E-state index is 10.8. The van der Waals surface area contributed by atoms with Gasteiger partial charge in [0.1, 0.15) is 0 Å². The number of halogens is 1. The number of anilines is 1. The van der Waals surface area contributed by atoms with Gasteiger partial charge in [-0.1, -0.05) is 42.8 Å². The third kappa shape index (κ3) is 3.73. The van der Waals surface area contributed by atoms with E-state index in [1.54, 1.807) is 0 Å². The van der Waals surface area contributed by atoms with Gasteiger partial charge in [0, 0.05) is 18.2 Å². The fraction of sp³-hybridized carbons (Fsp3) is 0.250. The topological polar surface area (TPSA) is 55.2 Å². The van der Waals surface area contributed by atoms with Crippen molar-refractivity contribution in [3.8, 4) is 0 Å². The van der Waals surface area contributed by atoms with Crippen LogP contribution in [0.15, 0.2) is 42.5 Å². The molecule has 5 heteroatoms. The third-order valence-electron chi connectivity index (χ3n) is 3.42. The van der Waals surface area contributed by atoms with Crippen LogP contribution in [0.25, 0.3) is 0 Å². The van der Waals surface area contributed by atoms with Gasteiger partial charge in [-0.25, -0.2) is 0 Å². The maximum atomic E-state index is 10.8. The molecule has 2 rings (SSSR count). The molecule has 4 nitrogen and oxygen atoms in total. The predicted molar refractivity (Wildman–Crippen MR) is 86.0 cm³/mol. The standard InChI is InChI=1S/C16H17ClN2O2/c1-3-12-4-6-13(7-5-12)11(2)18-16-10-14(19(20)21)8-9-15(16)17/h4-11,18H,3H2,1-2H3. The Morgan fingerprint density at radius 2 is 1.90 bits per heavy atom. The second kappa shape index (κ2) is 6.59. The first kappa shape index (κ1) is 15.3. The molecule has 0 aliphatic heterocycles. The van der Waals surface area contributed by atoms with Crippen molar-refractivity contribution in [2.75, 3.05) is 5.32 Å². The summed E-state index contributed by atoms with van der Waals surface area (Å²) < 4.78 is 0. The summed E-state index contributed by atoms with van der Waals surface area (Å²) in [5, 5.41) is 14.5. The van der Waals surface area contributed by atoms with E-state index in [1.807, 2.05) is 6.92 Å². The predicted octanol–water partition coefficient (Wildman–Crippen LogP) is 4.98. The molecule has 0 aliphatic carbocycles. The van der Waals surface area contributed by atoms with E-state index < -0.39 is 4.92 Å². The number of nitro benzene ring substituents is 1. The molecule has 0 radical (unpaired) electrons. The molecule has 0 fully saturated rings. The van der Waals surface area contributed by atoms with Gasteiger partial charge in [0.15, 0.2) is 0 Å². The lowest BCUT2D eigenvalue weighted by Gasteiger charge is -2.17. The summed E-state index contributed by atoms with van der Waals surface area (Å²) in [4.78, 5) is 10.4. The van der Waals surface area contributed by atoms with Crippen molar-refractivity contribution >= 4 is 23.0 Å². The minimum absolute atomic E-state index is 0.00964. The Balaban J connectivity index is 2.19. The van der Waals surface area contributed by atoms with Crippen LogP contribution in [0.3, 0.4) is 0 Å². The van der Waals surface area contributed by atoms with Gasteiger partial charge in [-0.15, -0.1) is 0 Å². The van der Waals surface area contributed by atoms with Crippen LogP contribution in [0.5, 0.6) is 0 Å². The average Bonchev–Trinajstić information content (AvgIpc) is 2.49. The maximum Gasteiger partial charge on any atom is 0.271 e. The van der Waals surface area contributed by atoms with Crippen molar-refractivity contribution in [3.63, 3.8) is 0 Å². The van der Waals surface area contributed by atoms with E-state index in [9.17, 15) is 10.1 Å². The van der Waals surface area contributed by atoms with Gasteiger partial charge in [-0.05, 0) is 30.5 Å². The Labute approximate surface area is 128 Å². The highest BCUT2D eigenvalue weighted by molar-refractivity contribution is 6.33. The van der Waals surface area contributed by atoms with Crippen LogP contribution < -0.4 is 5.32 Å². The summed E-state index contributed by atoms with van der Waals surface area (Å²) in [5.41, 5.74) is 2.97. The van der Waals surface area contributed by atoms with Gasteiger partial charge in [-0.2, -0.15) is 0 Å². The summed E-state index contributed by atoms with van der Waals surface area (Å²) in [6.45, 7) is 4.11. The lowest BCUT2D eigenvalue weighted by Crippen LogP contribution is -2.07. The number of nitro groups is 1. The van der Waals surface area contributed by atoms with Crippen molar-refractivity contribution in [2.24, 2.45) is 0 Å². The molecular weight excluding hydrogens is 288 g/mol. The normalized spacial score (nSPS) is 12.0. The molecule has 0 saturated heterocycles.